The van der Waals surface area contributed by atoms with Crippen molar-refractivity contribution in [1.29, 1.82) is 0 Å². The summed E-state index contributed by atoms with van der Waals surface area (Å²) in [7, 11) is -4.29. The number of hydrogen-bond donors (Lipinski definition) is 3. The Bertz CT molecular complexity index is 576. The molecular weight excluding hydrogens is 283 g/mol. The van der Waals surface area contributed by atoms with Crippen LogP contribution in [0.25, 0.3) is 0 Å². The molecule has 0 saturated heterocycles. The molecule has 1 aromatic carbocycles. The first-order valence-electron chi connectivity index (χ1n) is 5.00. The third-order valence-corrected chi connectivity index (χ3v) is 3.60. The quantitative estimate of drug-likeness (QED) is 0.473. The average Bonchev–Trinajstić information content (AvgIpc) is 2.35. The summed E-state index contributed by atoms with van der Waals surface area (Å²) in [4.78, 5) is 8.93. The number of nitro benzene ring substituents is 1. The van der Waals surface area contributed by atoms with Crippen LogP contribution in [0.1, 0.15) is 0 Å². The lowest BCUT2D eigenvalue weighted by Gasteiger charge is -2.10. The van der Waals surface area contributed by atoms with Gasteiger partial charge >= 0.3 is 0 Å². The van der Waals surface area contributed by atoms with E-state index in [0.29, 0.717) is 6.07 Å². The normalized spacial score (nSPS) is 13.2. The maximum atomic E-state index is 12.9. The minimum absolute atomic E-state index is 0.483. The molecule has 0 bridgehead atoms. The SMILES string of the molecule is O=[N+]([O-])c1cc(F)ccc1S(=O)(=O)NCC(O)CO. The van der Waals surface area contributed by atoms with Crippen molar-refractivity contribution in [2.24, 2.45) is 0 Å². The van der Waals surface area contributed by atoms with Crippen LogP contribution < -0.4 is 4.72 Å². The summed E-state index contributed by atoms with van der Waals surface area (Å²) >= 11 is 0. The van der Waals surface area contributed by atoms with Crippen LogP contribution in [0.4, 0.5) is 10.1 Å². The van der Waals surface area contributed by atoms with Gasteiger partial charge in [-0.1, -0.05) is 0 Å². The minimum Gasteiger partial charge on any atom is -0.394 e. The monoisotopic (exact) mass is 294 g/mol. The van der Waals surface area contributed by atoms with Gasteiger partial charge < -0.3 is 10.2 Å². The number of rotatable bonds is 6. The number of nitro groups is 1. The van der Waals surface area contributed by atoms with Crippen molar-refractivity contribution in [3.63, 3.8) is 0 Å². The molecule has 0 aliphatic carbocycles. The van der Waals surface area contributed by atoms with Gasteiger partial charge in [0.1, 0.15) is 5.82 Å². The molecule has 1 rings (SSSR count). The van der Waals surface area contributed by atoms with Crippen LogP contribution in [0.5, 0.6) is 0 Å². The van der Waals surface area contributed by atoms with Gasteiger partial charge in [-0.05, 0) is 12.1 Å². The molecule has 106 valence electrons. The number of aliphatic hydroxyl groups excluding tert-OH is 2. The van der Waals surface area contributed by atoms with E-state index >= 15 is 0 Å². The smallest absolute Gasteiger partial charge is 0.292 e. The number of halogens is 1. The molecule has 3 N–H and O–H groups in total. The van der Waals surface area contributed by atoms with E-state index < -0.39 is 50.6 Å². The lowest BCUT2D eigenvalue weighted by Crippen LogP contribution is -2.34. The average molecular weight is 294 g/mol. The molecular formula is C9H11FN2O6S. The van der Waals surface area contributed by atoms with E-state index in [1.807, 2.05) is 4.72 Å². The molecule has 0 aliphatic heterocycles. The van der Waals surface area contributed by atoms with Gasteiger partial charge in [-0.3, -0.25) is 10.1 Å². The molecule has 0 radical (unpaired) electrons. The Morgan fingerprint density at radius 1 is 1.47 bits per heavy atom. The second-order valence-corrected chi connectivity index (χ2v) is 5.29. The van der Waals surface area contributed by atoms with E-state index in [0.717, 1.165) is 12.1 Å². The summed E-state index contributed by atoms with van der Waals surface area (Å²) in [6, 6.07) is 2.00. The van der Waals surface area contributed by atoms with Gasteiger partial charge in [-0.25, -0.2) is 17.5 Å². The highest BCUT2D eigenvalue weighted by Gasteiger charge is 2.26. The molecule has 8 nitrogen and oxygen atoms in total. The maximum absolute atomic E-state index is 12.9. The Morgan fingerprint density at radius 2 is 2.11 bits per heavy atom. The number of nitrogens with zero attached hydrogens (tertiary/aromatic N) is 1. The molecule has 0 spiro atoms. The summed E-state index contributed by atoms with van der Waals surface area (Å²) in [6.07, 6.45) is -1.34. The van der Waals surface area contributed by atoms with E-state index in [1.165, 1.54) is 0 Å². The fourth-order valence-corrected chi connectivity index (χ4v) is 2.43. The second-order valence-electron chi connectivity index (χ2n) is 3.56. The Morgan fingerprint density at radius 3 is 2.63 bits per heavy atom. The third kappa shape index (κ3) is 3.92. The van der Waals surface area contributed by atoms with Crippen LogP contribution in [0.3, 0.4) is 0 Å². The Hall–Kier alpha value is -1.62. The van der Waals surface area contributed by atoms with Gasteiger partial charge in [0.15, 0.2) is 4.90 Å². The molecule has 0 heterocycles. The third-order valence-electron chi connectivity index (χ3n) is 2.13. The van der Waals surface area contributed by atoms with E-state index in [9.17, 15) is 22.9 Å². The Balaban J connectivity index is 3.11. The number of hydrogen-bond acceptors (Lipinski definition) is 6. The topological polar surface area (TPSA) is 130 Å². The highest BCUT2D eigenvalue weighted by Crippen LogP contribution is 2.24. The second kappa shape index (κ2) is 6.02. The van der Waals surface area contributed by atoms with Crippen molar-refractivity contribution in [3.8, 4) is 0 Å². The van der Waals surface area contributed by atoms with Crippen LogP contribution in [0.15, 0.2) is 23.1 Å². The van der Waals surface area contributed by atoms with Gasteiger partial charge in [0.2, 0.25) is 10.0 Å². The molecule has 19 heavy (non-hydrogen) atoms. The minimum atomic E-state index is -4.29. The molecule has 0 fully saturated rings. The first-order chi connectivity index (χ1) is 8.77. The van der Waals surface area contributed by atoms with Crippen molar-refractivity contribution in [3.05, 3.63) is 34.1 Å². The van der Waals surface area contributed by atoms with E-state index in [-0.39, 0.29) is 0 Å². The zero-order valence-electron chi connectivity index (χ0n) is 9.48. The van der Waals surface area contributed by atoms with Crippen LogP contribution in [0, 0.1) is 15.9 Å². The molecule has 0 aliphatic rings. The highest BCUT2D eigenvalue weighted by molar-refractivity contribution is 7.89. The fraction of sp³-hybridized carbons (Fsp3) is 0.333. The van der Waals surface area contributed by atoms with Gasteiger partial charge in [-0.15, -0.1) is 0 Å². The predicted octanol–water partition coefficient (Wildman–Crippen LogP) is -0.635. The maximum Gasteiger partial charge on any atom is 0.292 e. The molecule has 1 unspecified atom stereocenters. The van der Waals surface area contributed by atoms with Crippen molar-refractivity contribution in [2.45, 2.75) is 11.0 Å². The lowest BCUT2D eigenvalue weighted by atomic mass is 10.3. The Labute approximate surface area is 107 Å². The van der Waals surface area contributed by atoms with Crippen LogP contribution in [-0.2, 0) is 10.0 Å². The number of nitrogens with one attached hydrogen (secondary N) is 1. The summed E-state index contributed by atoms with van der Waals surface area (Å²) < 4.78 is 38.3. The first-order valence-corrected chi connectivity index (χ1v) is 6.48. The summed E-state index contributed by atoms with van der Waals surface area (Å²) in [5.41, 5.74) is -0.911. The van der Waals surface area contributed by atoms with Crippen molar-refractivity contribution < 1.29 is 27.9 Å². The molecule has 1 atom stereocenters. The standard InChI is InChI=1S/C9H11FN2O6S/c10-6-1-2-9(8(3-6)12(15)16)19(17,18)11-4-7(14)5-13/h1-3,7,11,13-14H,4-5H2. The number of benzene rings is 1. The van der Waals surface area contributed by atoms with Gasteiger partial charge in [0, 0.05) is 6.54 Å². The Kier molecular flexibility index (Phi) is 4.89. The molecule has 0 amide bonds. The first kappa shape index (κ1) is 15.4. The fourth-order valence-electron chi connectivity index (χ4n) is 1.21. The zero-order chi connectivity index (χ0) is 14.6. The van der Waals surface area contributed by atoms with Crippen molar-refractivity contribution in [1.82, 2.24) is 4.72 Å². The van der Waals surface area contributed by atoms with Crippen LogP contribution >= 0.6 is 0 Å². The number of sulfonamides is 1. The van der Waals surface area contributed by atoms with E-state index in [2.05, 4.69) is 0 Å². The van der Waals surface area contributed by atoms with Crippen molar-refractivity contribution >= 4 is 15.7 Å². The van der Waals surface area contributed by atoms with Crippen LogP contribution in [-0.4, -0.2) is 42.8 Å². The van der Waals surface area contributed by atoms with Crippen LogP contribution in [0.2, 0.25) is 0 Å². The summed E-state index contributed by atoms with van der Waals surface area (Å²) in [5.74, 6) is -0.943. The van der Waals surface area contributed by atoms with Gasteiger partial charge in [-0.2, -0.15) is 0 Å². The summed E-state index contributed by atoms with van der Waals surface area (Å²) in [6.45, 7) is -1.19. The molecule has 1 aromatic rings. The van der Waals surface area contributed by atoms with Gasteiger partial charge in [0.05, 0.1) is 23.7 Å². The predicted molar refractivity (Wildman–Crippen MR) is 61.3 cm³/mol. The lowest BCUT2D eigenvalue weighted by molar-refractivity contribution is -0.388. The molecule has 10 heteroatoms. The largest absolute Gasteiger partial charge is 0.394 e. The summed E-state index contributed by atoms with van der Waals surface area (Å²) in [5, 5.41) is 28.2. The van der Waals surface area contributed by atoms with E-state index in [1.54, 1.807) is 0 Å². The zero-order valence-corrected chi connectivity index (χ0v) is 10.3. The molecule has 0 saturated carbocycles. The molecule has 0 aromatic heterocycles. The highest BCUT2D eigenvalue weighted by atomic mass is 32.2. The number of aliphatic hydroxyl groups is 2. The van der Waals surface area contributed by atoms with Gasteiger partial charge in [0.25, 0.3) is 5.69 Å². The van der Waals surface area contributed by atoms with E-state index in [4.69, 9.17) is 10.2 Å². The van der Waals surface area contributed by atoms with Crippen molar-refractivity contribution in [2.75, 3.05) is 13.2 Å².